The summed E-state index contributed by atoms with van der Waals surface area (Å²) in [6.07, 6.45) is 4.53. The maximum absolute atomic E-state index is 13.0. The predicted octanol–water partition coefficient (Wildman–Crippen LogP) is 3.10. The smallest absolute Gasteiger partial charge is 0.243 e. The third-order valence-electron chi connectivity index (χ3n) is 5.28. The van der Waals surface area contributed by atoms with Gasteiger partial charge in [0.05, 0.1) is 4.90 Å². The number of hydrogen-bond acceptors (Lipinski definition) is 4. The van der Waals surface area contributed by atoms with E-state index in [-0.39, 0.29) is 5.92 Å². The van der Waals surface area contributed by atoms with Gasteiger partial charge in [0.1, 0.15) is 11.3 Å². The second kappa shape index (κ2) is 7.05. The molecule has 1 aromatic carbocycles. The number of fused-ring (bicyclic) bond motifs is 1. The van der Waals surface area contributed by atoms with E-state index in [1.54, 1.807) is 22.6 Å². The van der Waals surface area contributed by atoms with Crippen LogP contribution in [0.3, 0.4) is 0 Å². The summed E-state index contributed by atoms with van der Waals surface area (Å²) in [6.45, 7) is 3.09. The number of aryl methyl sites for hydroxylation is 2. The molecule has 2 aromatic heterocycles. The van der Waals surface area contributed by atoms with Gasteiger partial charge >= 0.3 is 0 Å². The Morgan fingerprint density at radius 2 is 1.96 bits per heavy atom. The fourth-order valence-electron chi connectivity index (χ4n) is 3.83. The minimum Gasteiger partial charge on any atom is -0.316 e. The van der Waals surface area contributed by atoms with Crippen molar-refractivity contribution in [1.82, 2.24) is 18.8 Å². The van der Waals surface area contributed by atoms with Crippen molar-refractivity contribution in [3.63, 3.8) is 0 Å². The minimum atomic E-state index is -3.47. The molecular formula is C20H24N4O2S. The average molecular weight is 385 g/mol. The third kappa shape index (κ3) is 3.26. The quantitative estimate of drug-likeness (QED) is 0.678. The van der Waals surface area contributed by atoms with Crippen LogP contribution in [-0.4, -0.2) is 40.3 Å². The summed E-state index contributed by atoms with van der Waals surface area (Å²) in [6, 6.07) is 11.1. The van der Waals surface area contributed by atoms with Crippen LogP contribution in [0, 0.1) is 0 Å². The van der Waals surface area contributed by atoms with E-state index in [1.807, 2.05) is 35.9 Å². The third-order valence-corrected chi connectivity index (χ3v) is 7.16. The monoisotopic (exact) mass is 384 g/mol. The van der Waals surface area contributed by atoms with Crippen LogP contribution >= 0.6 is 0 Å². The number of sulfonamides is 1. The van der Waals surface area contributed by atoms with Crippen molar-refractivity contribution in [1.29, 1.82) is 0 Å². The summed E-state index contributed by atoms with van der Waals surface area (Å²) in [4.78, 5) is 9.44. The predicted molar refractivity (Wildman–Crippen MR) is 105 cm³/mol. The highest BCUT2D eigenvalue weighted by Gasteiger charge is 2.35. The average Bonchev–Trinajstić information content (AvgIpc) is 3.28. The first kappa shape index (κ1) is 18.1. The molecule has 3 aromatic rings. The lowest BCUT2D eigenvalue weighted by atomic mass is 10.1. The van der Waals surface area contributed by atoms with Crippen LogP contribution in [0.25, 0.3) is 11.2 Å². The number of nitrogens with zero attached hydrogens (tertiary/aromatic N) is 4. The molecule has 0 amide bonds. The Kier molecular flexibility index (Phi) is 4.74. The lowest BCUT2D eigenvalue weighted by Crippen LogP contribution is -2.29. The second-order valence-electron chi connectivity index (χ2n) is 7.12. The molecule has 0 bridgehead atoms. The summed E-state index contributed by atoms with van der Waals surface area (Å²) in [5.74, 6) is 0.984. The van der Waals surface area contributed by atoms with Gasteiger partial charge in [0.25, 0.3) is 0 Å². The number of rotatable bonds is 5. The zero-order valence-corrected chi connectivity index (χ0v) is 16.5. The Morgan fingerprint density at radius 3 is 2.67 bits per heavy atom. The van der Waals surface area contributed by atoms with Crippen LogP contribution in [-0.2, 0) is 23.5 Å². The summed E-state index contributed by atoms with van der Waals surface area (Å²) in [5.41, 5.74) is 2.85. The lowest BCUT2D eigenvalue weighted by Gasteiger charge is -2.17. The highest BCUT2D eigenvalue weighted by Crippen LogP contribution is 2.31. The van der Waals surface area contributed by atoms with E-state index >= 15 is 0 Å². The summed E-state index contributed by atoms with van der Waals surface area (Å²) < 4.78 is 29.6. The van der Waals surface area contributed by atoms with Gasteiger partial charge in [0, 0.05) is 32.3 Å². The first-order valence-corrected chi connectivity index (χ1v) is 10.8. The highest BCUT2D eigenvalue weighted by atomic mass is 32.2. The molecule has 0 spiro atoms. The number of aromatic nitrogens is 3. The van der Waals surface area contributed by atoms with E-state index < -0.39 is 10.0 Å². The number of imidazole rings is 1. The molecule has 6 nitrogen and oxygen atoms in total. The molecule has 0 aliphatic carbocycles. The molecule has 3 heterocycles. The Bertz CT molecular complexity index is 1060. The molecule has 1 atom stereocenters. The van der Waals surface area contributed by atoms with Gasteiger partial charge < -0.3 is 4.57 Å². The molecule has 0 N–H and O–H groups in total. The van der Waals surface area contributed by atoms with Crippen molar-refractivity contribution in [2.45, 2.75) is 37.0 Å². The van der Waals surface area contributed by atoms with Crippen molar-refractivity contribution in [2.75, 3.05) is 13.1 Å². The Labute approximate surface area is 159 Å². The summed E-state index contributed by atoms with van der Waals surface area (Å²) in [7, 11) is -1.53. The van der Waals surface area contributed by atoms with Crippen LogP contribution in [0.4, 0.5) is 0 Å². The van der Waals surface area contributed by atoms with Crippen molar-refractivity contribution in [3.05, 3.63) is 54.0 Å². The molecular weight excluding hydrogens is 360 g/mol. The molecule has 142 valence electrons. The van der Waals surface area contributed by atoms with E-state index in [9.17, 15) is 8.42 Å². The SMILES string of the molecule is CCCc1ccc(S(=O)(=O)N2CC[C@H](c3nc4cccnc4n3C)C2)cc1. The summed E-state index contributed by atoms with van der Waals surface area (Å²) in [5, 5.41) is 0. The van der Waals surface area contributed by atoms with Crippen molar-refractivity contribution in [3.8, 4) is 0 Å². The maximum Gasteiger partial charge on any atom is 0.243 e. The van der Waals surface area contributed by atoms with Gasteiger partial charge in [-0.05, 0) is 42.7 Å². The lowest BCUT2D eigenvalue weighted by molar-refractivity contribution is 0.470. The zero-order chi connectivity index (χ0) is 19.0. The molecule has 0 unspecified atom stereocenters. The first-order chi connectivity index (χ1) is 13.0. The molecule has 1 aliphatic rings. The standard InChI is InChI=1S/C20H24N4O2S/c1-3-5-15-7-9-17(10-8-15)27(25,26)24-13-11-16(14-24)19-22-18-6-4-12-21-20(18)23(19)2/h4,6-10,12,16H,3,5,11,13-14H2,1-2H3/t16-/m0/s1. The van der Waals surface area contributed by atoms with Crippen molar-refractivity contribution >= 4 is 21.2 Å². The number of hydrogen-bond donors (Lipinski definition) is 0. The Morgan fingerprint density at radius 1 is 1.19 bits per heavy atom. The number of pyridine rings is 1. The van der Waals surface area contributed by atoms with Crippen LogP contribution in [0.5, 0.6) is 0 Å². The molecule has 7 heteroatoms. The van der Waals surface area contributed by atoms with Crippen LogP contribution in [0.15, 0.2) is 47.5 Å². The van der Waals surface area contributed by atoms with Crippen LogP contribution in [0.1, 0.15) is 37.1 Å². The number of benzene rings is 1. The molecule has 1 fully saturated rings. The highest BCUT2D eigenvalue weighted by molar-refractivity contribution is 7.89. The molecule has 0 saturated carbocycles. The van der Waals surface area contributed by atoms with Gasteiger partial charge in [0.15, 0.2) is 5.65 Å². The first-order valence-electron chi connectivity index (χ1n) is 9.37. The Hall–Kier alpha value is -2.25. The topological polar surface area (TPSA) is 68.1 Å². The molecule has 1 aliphatic heterocycles. The second-order valence-corrected chi connectivity index (χ2v) is 9.06. The van der Waals surface area contributed by atoms with Crippen LogP contribution < -0.4 is 0 Å². The molecule has 0 radical (unpaired) electrons. The van der Waals surface area contributed by atoms with Crippen LogP contribution in [0.2, 0.25) is 0 Å². The van der Waals surface area contributed by atoms with E-state index in [0.29, 0.717) is 18.0 Å². The van der Waals surface area contributed by atoms with Gasteiger partial charge in [-0.25, -0.2) is 18.4 Å². The fraction of sp³-hybridized carbons (Fsp3) is 0.400. The minimum absolute atomic E-state index is 0.0818. The van der Waals surface area contributed by atoms with Gasteiger partial charge in [-0.2, -0.15) is 4.31 Å². The fourth-order valence-corrected chi connectivity index (χ4v) is 5.33. The molecule has 4 rings (SSSR count). The maximum atomic E-state index is 13.0. The van der Waals surface area contributed by atoms with E-state index in [4.69, 9.17) is 4.98 Å². The van der Waals surface area contributed by atoms with E-state index in [2.05, 4.69) is 11.9 Å². The summed E-state index contributed by atoms with van der Waals surface area (Å²) >= 11 is 0. The van der Waals surface area contributed by atoms with Gasteiger partial charge in [-0.15, -0.1) is 0 Å². The van der Waals surface area contributed by atoms with E-state index in [1.165, 1.54) is 5.56 Å². The van der Waals surface area contributed by atoms with E-state index in [0.717, 1.165) is 36.3 Å². The van der Waals surface area contributed by atoms with Gasteiger partial charge in [0.2, 0.25) is 10.0 Å². The molecule has 27 heavy (non-hydrogen) atoms. The largest absolute Gasteiger partial charge is 0.316 e. The van der Waals surface area contributed by atoms with Crippen molar-refractivity contribution in [2.24, 2.45) is 7.05 Å². The zero-order valence-electron chi connectivity index (χ0n) is 15.7. The van der Waals surface area contributed by atoms with Gasteiger partial charge in [-0.1, -0.05) is 25.5 Å². The molecule has 1 saturated heterocycles. The van der Waals surface area contributed by atoms with Gasteiger partial charge in [-0.3, -0.25) is 0 Å². The normalized spacial score (nSPS) is 18.4. The Balaban J connectivity index is 1.56. The van der Waals surface area contributed by atoms with Crippen molar-refractivity contribution < 1.29 is 8.42 Å².